The van der Waals surface area contributed by atoms with Crippen molar-refractivity contribution in [3.05, 3.63) is 11.1 Å². The Morgan fingerprint density at radius 3 is 2.50 bits per heavy atom. The predicted octanol–water partition coefficient (Wildman–Crippen LogP) is 3.50. The second-order valence-electron chi connectivity index (χ2n) is 1.66. The fourth-order valence-corrected chi connectivity index (χ4v) is 1.23. The van der Waals surface area contributed by atoms with E-state index in [0.29, 0.717) is 0 Å². The summed E-state index contributed by atoms with van der Waals surface area (Å²) in [5.41, 5.74) is 0. The molecule has 0 aromatic rings. The summed E-state index contributed by atoms with van der Waals surface area (Å²) in [5.74, 6) is 0. The molecule has 0 unspecified atom stereocenters. The van der Waals surface area contributed by atoms with Crippen LogP contribution < -0.4 is 0 Å². The van der Waals surface area contributed by atoms with Crippen LogP contribution in [0.4, 0.5) is 0 Å². The minimum absolute atomic E-state index is 1.13. The number of alkyl halides is 1. The molecule has 0 atom stereocenters. The van der Waals surface area contributed by atoms with Crippen molar-refractivity contribution in [1.29, 1.82) is 0 Å². The molecular weight excluding hydrogens is 279 g/mol. The van der Waals surface area contributed by atoms with Crippen molar-refractivity contribution in [2.45, 2.75) is 19.3 Å². The highest BCUT2D eigenvalue weighted by Crippen LogP contribution is 2.11. The maximum Gasteiger partial charge on any atom is -0.000461 e. The van der Waals surface area contributed by atoms with Gasteiger partial charge in [0.15, 0.2) is 0 Å². The summed E-state index contributed by atoms with van der Waals surface area (Å²) in [6, 6.07) is 0. The van der Waals surface area contributed by atoms with E-state index in [-0.39, 0.29) is 0 Å². The molecule has 0 aliphatic heterocycles. The Morgan fingerprint density at radius 2 is 2.12 bits per heavy atom. The van der Waals surface area contributed by atoms with Crippen molar-refractivity contribution in [3.8, 4) is 0 Å². The molecule has 0 amide bonds. The second-order valence-corrected chi connectivity index (χ2v) is 3.86. The van der Waals surface area contributed by atoms with E-state index >= 15 is 0 Å². The predicted molar refractivity (Wildman–Crippen MR) is 50.8 cm³/mol. The lowest BCUT2D eigenvalue weighted by Gasteiger charge is -1.92. The topological polar surface area (TPSA) is 0 Å². The van der Waals surface area contributed by atoms with Gasteiger partial charge in [-0.3, -0.25) is 0 Å². The molecule has 0 saturated carbocycles. The van der Waals surface area contributed by atoms with E-state index < -0.39 is 0 Å². The molecule has 0 aliphatic carbocycles. The Morgan fingerprint density at radius 1 is 1.50 bits per heavy atom. The fourth-order valence-electron chi connectivity index (χ4n) is 0.411. The van der Waals surface area contributed by atoms with E-state index in [1.807, 2.05) is 0 Å². The third-order valence-corrected chi connectivity index (χ3v) is 1.99. The first kappa shape index (κ1) is 8.95. The van der Waals surface area contributed by atoms with Gasteiger partial charge in [-0.2, -0.15) is 0 Å². The molecule has 0 radical (unpaired) electrons. The SMILES string of the molecule is C=C(Br)CCCCI. The van der Waals surface area contributed by atoms with Crippen molar-refractivity contribution in [1.82, 2.24) is 0 Å². The maximum atomic E-state index is 3.74. The fraction of sp³-hybridized carbons (Fsp3) is 0.667. The minimum Gasteiger partial charge on any atom is -0.0889 e. The van der Waals surface area contributed by atoms with E-state index in [0.717, 1.165) is 10.9 Å². The average molecular weight is 289 g/mol. The number of rotatable bonds is 4. The standard InChI is InChI=1S/C6H10BrI/c1-6(7)4-2-3-5-8/h1-5H2. The summed E-state index contributed by atoms with van der Waals surface area (Å²) >= 11 is 5.70. The van der Waals surface area contributed by atoms with Crippen molar-refractivity contribution in [2.75, 3.05) is 4.43 Å². The molecule has 0 aromatic carbocycles. The van der Waals surface area contributed by atoms with Gasteiger partial charge in [0, 0.05) is 0 Å². The summed E-state index contributed by atoms with van der Waals surface area (Å²) in [4.78, 5) is 0. The van der Waals surface area contributed by atoms with Crippen molar-refractivity contribution < 1.29 is 0 Å². The zero-order chi connectivity index (χ0) is 6.41. The van der Waals surface area contributed by atoms with Gasteiger partial charge >= 0.3 is 0 Å². The Hall–Kier alpha value is 0.950. The molecule has 2 heteroatoms. The monoisotopic (exact) mass is 288 g/mol. The first-order valence-electron chi connectivity index (χ1n) is 2.66. The van der Waals surface area contributed by atoms with Crippen LogP contribution in [0.1, 0.15) is 19.3 Å². The second kappa shape index (κ2) is 6.08. The molecule has 0 rings (SSSR count). The van der Waals surface area contributed by atoms with Crippen LogP contribution in [0, 0.1) is 0 Å². The molecule has 0 spiro atoms. The van der Waals surface area contributed by atoms with Gasteiger partial charge in [-0.1, -0.05) is 45.1 Å². The highest BCUT2D eigenvalue weighted by molar-refractivity contribution is 14.1. The van der Waals surface area contributed by atoms with Gasteiger partial charge in [-0.05, 0) is 28.2 Å². The molecule has 0 aliphatic rings. The van der Waals surface area contributed by atoms with Crippen LogP contribution in [0.5, 0.6) is 0 Å². The average Bonchev–Trinajstić information content (AvgIpc) is 1.66. The zero-order valence-electron chi connectivity index (χ0n) is 4.79. The molecule has 0 saturated heterocycles. The van der Waals surface area contributed by atoms with Gasteiger partial charge in [-0.15, -0.1) is 0 Å². The summed E-state index contributed by atoms with van der Waals surface area (Å²) in [6.07, 6.45) is 3.71. The summed E-state index contributed by atoms with van der Waals surface area (Å²) in [7, 11) is 0. The Kier molecular flexibility index (Phi) is 6.80. The van der Waals surface area contributed by atoms with Gasteiger partial charge in [0.2, 0.25) is 0 Å². The van der Waals surface area contributed by atoms with Gasteiger partial charge in [0.25, 0.3) is 0 Å². The molecular formula is C6H10BrI. The molecule has 0 N–H and O–H groups in total. The highest BCUT2D eigenvalue weighted by Gasteiger charge is 1.86. The number of hydrogen-bond acceptors (Lipinski definition) is 0. The van der Waals surface area contributed by atoms with Crippen LogP contribution in [0.25, 0.3) is 0 Å². The van der Waals surface area contributed by atoms with E-state index in [4.69, 9.17) is 0 Å². The summed E-state index contributed by atoms with van der Waals surface area (Å²) < 4.78 is 2.39. The van der Waals surface area contributed by atoms with Crippen LogP contribution in [-0.4, -0.2) is 4.43 Å². The lowest BCUT2D eigenvalue weighted by atomic mass is 10.2. The van der Waals surface area contributed by atoms with Crippen LogP contribution >= 0.6 is 38.5 Å². The summed E-state index contributed by atoms with van der Waals surface area (Å²) in [5, 5.41) is 0. The number of halogens is 2. The van der Waals surface area contributed by atoms with Crippen LogP contribution in [0.2, 0.25) is 0 Å². The summed E-state index contributed by atoms with van der Waals surface area (Å²) in [6.45, 7) is 3.74. The number of unbranched alkanes of at least 4 members (excludes halogenated alkanes) is 1. The van der Waals surface area contributed by atoms with Gasteiger partial charge in [0.1, 0.15) is 0 Å². The third-order valence-electron chi connectivity index (χ3n) is 0.832. The lowest BCUT2D eigenvalue weighted by Crippen LogP contribution is -1.74. The lowest BCUT2D eigenvalue weighted by molar-refractivity contribution is 0.827. The highest BCUT2D eigenvalue weighted by atomic mass is 127. The van der Waals surface area contributed by atoms with E-state index in [9.17, 15) is 0 Å². The van der Waals surface area contributed by atoms with Crippen molar-refractivity contribution in [3.63, 3.8) is 0 Å². The van der Waals surface area contributed by atoms with Gasteiger partial charge < -0.3 is 0 Å². The Labute approximate surface area is 73.0 Å². The van der Waals surface area contributed by atoms with Crippen molar-refractivity contribution in [2.24, 2.45) is 0 Å². The molecule has 0 heterocycles. The largest absolute Gasteiger partial charge is 0.0889 e. The minimum atomic E-state index is 1.13. The van der Waals surface area contributed by atoms with Crippen LogP contribution in [-0.2, 0) is 0 Å². The molecule has 0 bridgehead atoms. The van der Waals surface area contributed by atoms with E-state index in [1.54, 1.807) is 0 Å². The van der Waals surface area contributed by atoms with Gasteiger partial charge in [0.05, 0.1) is 0 Å². The molecule has 0 fully saturated rings. The van der Waals surface area contributed by atoms with Crippen molar-refractivity contribution >= 4 is 38.5 Å². The first-order chi connectivity index (χ1) is 3.77. The Bertz CT molecular complexity index is 70.9. The zero-order valence-corrected chi connectivity index (χ0v) is 8.53. The van der Waals surface area contributed by atoms with E-state index in [2.05, 4.69) is 45.1 Å². The Balaban J connectivity index is 2.82. The molecule has 8 heavy (non-hydrogen) atoms. The number of hydrogen-bond donors (Lipinski definition) is 0. The van der Waals surface area contributed by atoms with E-state index in [1.165, 1.54) is 17.3 Å². The smallest absolute Gasteiger partial charge is 0.000461 e. The quantitative estimate of drug-likeness (QED) is 0.422. The molecule has 0 aromatic heterocycles. The number of allylic oxidation sites excluding steroid dienone is 1. The third kappa shape index (κ3) is 6.95. The van der Waals surface area contributed by atoms with Crippen LogP contribution in [0.3, 0.4) is 0 Å². The van der Waals surface area contributed by atoms with Gasteiger partial charge in [-0.25, -0.2) is 0 Å². The first-order valence-corrected chi connectivity index (χ1v) is 4.98. The van der Waals surface area contributed by atoms with Crippen LogP contribution in [0.15, 0.2) is 11.1 Å². The molecule has 48 valence electrons. The normalized spacial score (nSPS) is 9.25. The maximum absolute atomic E-state index is 3.74. The molecule has 0 nitrogen and oxygen atoms in total.